The maximum absolute atomic E-state index is 11.7. The molecule has 5 nitrogen and oxygen atoms in total. The first kappa shape index (κ1) is 12.9. The molecule has 6 heteroatoms. The normalized spacial score (nSPS) is 16.8. The third-order valence-electron chi connectivity index (χ3n) is 2.84. The average molecular weight is 269 g/mol. The van der Waals surface area contributed by atoms with Crippen LogP contribution in [0.3, 0.4) is 0 Å². The second-order valence-corrected chi connectivity index (χ2v) is 6.84. The first-order valence-corrected chi connectivity index (χ1v) is 7.38. The largest absolute Gasteiger partial charge is 0.492 e. The quantitative estimate of drug-likeness (QED) is 0.871. The van der Waals surface area contributed by atoms with Crippen LogP contribution in [0.4, 0.5) is 0 Å². The zero-order chi connectivity index (χ0) is 13.6. The van der Waals surface area contributed by atoms with Crippen LogP contribution in [0.5, 0.6) is 5.75 Å². The van der Waals surface area contributed by atoms with Crippen LogP contribution in [0, 0.1) is 0 Å². The van der Waals surface area contributed by atoms with Gasteiger partial charge >= 0.3 is 0 Å². The molecule has 0 saturated heterocycles. The SMILES string of the molecule is CC1(C)COc2ccc(C(=O)NS(C)(=O)=O)cc21. The number of nitrogens with one attached hydrogen (secondary N) is 1. The first-order valence-electron chi connectivity index (χ1n) is 5.48. The van der Waals surface area contributed by atoms with Crippen LogP contribution in [0.15, 0.2) is 18.2 Å². The molecule has 1 aromatic rings. The molecule has 0 fully saturated rings. The van der Waals surface area contributed by atoms with Crippen molar-refractivity contribution < 1.29 is 17.9 Å². The molecule has 0 aliphatic carbocycles. The molecule has 98 valence electrons. The highest BCUT2D eigenvalue weighted by Crippen LogP contribution is 2.38. The molecule has 1 N–H and O–H groups in total. The van der Waals surface area contributed by atoms with Crippen molar-refractivity contribution in [3.63, 3.8) is 0 Å². The van der Waals surface area contributed by atoms with Gasteiger partial charge in [0.05, 0.1) is 12.9 Å². The summed E-state index contributed by atoms with van der Waals surface area (Å²) >= 11 is 0. The van der Waals surface area contributed by atoms with E-state index in [0.29, 0.717) is 12.2 Å². The van der Waals surface area contributed by atoms with E-state index in [-0.39, 0.29) is 5.41 Å². The van der Waals surface area contributed by atoms with Crippen molar-refractivity contribution in [2.45, 2.75) is 19.3 Å². The lowest BCUT2D eigenvalue weighted by Gasteiger charge is -2.15. The van der Waals surface area contributed by atoms with Gasteiger partial charge < -0.3 is 4.74 Å². The predicted molar refractivity (Wildman–Crippen MR) is 67.3 cm³/mol. The van der Waals surface area contributed by atoms with Crippen LogP contribution in [-0.4, -0.2) is 27.2 Å². The number of carbonyl (C=O) groups is 1. The fourth-order valence-corrected chi connectivity index (χ4v) is 2.34. The minimum atomic E-state index is -3.55. The maximum atomic E-state index is 11.7. The van der Waals surface area contributed by atoms with E-state index in [1.54, 1.807) is 18.2 Å². The Morgan fingerprint density at radius 2 is 2.06 bits per heavy atom. The van der Waals surface area contributed by atoms with Crippen molar-refractivity contribution in [1.29, 1.82) is 0 Å². The van der Waals surface area contributed by atoms with Gasteiger partial charge in [0.2, 0.25) is 10.0 Å². The van der Waals surface area contributed by atoms with Gasteiger partial charge in [-0.15, -0.1) is 0 Å². The van der Waals surface area contributed by atoms with Gasteiger partial charge in [0, 0.05) is 16.5 Å². The predicted octanol–water partition coefficient (Wildman–Crippen LogP) is 1.05. The van der Waals surface area contributed by atoms with E-state index in [9.17, 15) is 13.2 Å². The zero-order valence-electron chi connectivity index (χ0n) is 10.5. The summed E-state index contributed by atoms with van der Waals surface area (Å²) < 4.78 is 29.5. The number of rotatable bonds is 2. The number of carbonyl (C=O) groups excluding carboxylic acids is 1. The van der Waals surface area contributed by atoms with Crippen molar-refractivity contribution in [3.8, 4) is 5.75 Å². The van der Waals surface area contributed by atoms with E-state index >= 15 is 0 Å². The van der Waals surface area contributed by atoms with Gasteiger partial charge in [0.1, 0.15) is 5.75 Å². The van der Waals surface area contributed by atoms with E-state index in [1.807, 2.05) is 18.6 Å². The van der Waals surface area contributed by atoms with Crippen molar-refractivity contribution >= 4 is 15.9 Å². The first-order chi connectivity index (χ1) is 8.19. The van der Waals surface area contributed by atoms with Crippen molar-refractivity contribution in [1.82, 2.24) is 4.72 Å². The molecule has 1 aliphatic heterocycles. The second kappa shape index (κ2) is 3.98. The van der Waals surface area contributed by atoms with Gasteiger partial charge in [-0.1, -0.05) is 13.8 Å². The summed E-state index contributed by atoms with van der Waals surface area (Å²) in [7, 11) is -3.55. The molecule has 0 saturated carbocycles. The molecular formula is C12H15NO4S. The van der Waals surface area contributed by atoms with Gasteiger partial charge in [-0.3, -0.25) is 4.79 Å². The molecule has 0 spiro atoms. The second-order valence-electron chi connectivity index (χ2n) is 5.09. The van der Waals surface area contributed by atoms with Crippen molar-refractivity contribution in [2.75, 3.05) is 12.9 Å². The van der Waals surface area contributed by atoms with Crippen LogP contribution in [0.1, 0.15) is 29.8 Å². The van der Waals surface area contributed by atoms with Crippen LogP contribution in [0.2, 0.25) is 0 Å². The molecule has 0 aromatic heterocycles. The number of benzene rings is 1. The van der Waals surface area contributed by atoms with Crippen molar-refractivity contribution in [3.05, 3.63) is 29.3 Å². The number of amides is 1. The zero-order valence-corrected chi connectivity index (χ0v) is 11.3. The molecule has 1 heterocycles. The van der Waals surface area contributed by atoms with Gasteiger partial charge in [-0.25, -0.2) is 13.1 Å². The third-order valence-corrected chi connectivity index (χ3v) is 3.39. The monoisotopic (exact) mass is 269 g/mol. The van der Waals surface area contributed by atoms with Gasteiger partial charge in [-0.05, 0) is 18.2 Å². The molecule has 0 atom stereocenters. The smallest absolute Gasteiger partial charge is 0.264 e. The van der Waals surface area contributed by atoms with E-state index in [2.05, 4.69) is 0 Å². The summed E-state index contributed by atoms with van der Waals surface area (Å²) in [6.07, 6.45) is 0.950. The lowest BCUT2D eigenvalue weighted by molar-refractivity contribution is 0.0981. The molecule has 0 radical (unpaired) electrons. The minimum absolute atomic E-state index is 0.170. The lowest BCUT2D eigenvalue weighted by atomic mass is 9.86. The van der Waals surface area contributed by atoms with Crippen molar-refractivity contribution in [2.24, 2.45) is 0 Å². The Bertz CT molecular complexity index is 605. The fourth-order valence-electron chi connectivity index (χ4n) is 1.89. The molecule has 1 aromatic carbocycles. The summed E-state index contributed by atoms with van der Waals surface area (Å²) in [5, 5.41) is 0. The topological polar surface area (TPSA) is 72.5 Å². The van der Waals surface area contributed by atoms with Gasteiger partial charge in [0.15, 0.2) is 0 Å². The highest BCUT2D eigenvalue weighted by atomic mass is 32.2. The summed E-state index contributed by atoms with van der Waals surface area (Å²) in [5.41, 5.74) is 1.07. The molecule has 0 bridgehead atoms. The van der Waals surface area contributed by atoms with E-state index in [4.69, 9.17) is 4.74 Å². The molecular weight excluding hydrogens is 254 g/mol. The van der Waals surface area contributed by atoms with E-state index in [1.165, 1.54) is 0 Å². The maximum Gasteiger partial charge on any atom is 0.264 e. The fraction of sp³-hybridized carbons (Fsp3) is 0.417. The lowest BCUT2D eigenvalue weighted by Crippen LogP contribution is -2.29. The Morgan fingerprint density at radius 1 is 1.39 bits per heavy atom. The molecule has 0 unspecified atom stereocenters. The summed E-state index contributed by atoms with van der Waals surface area (Å²) in [6.45, 7) is 4.58. The van der Waals surface area contributed by atoms with Crippen LogP contribution in [-0.2, 0) is 15.4 Å². The Kier molecular flexibility index (Phi) is 2.85. The highest BCUT2D eigenvalue weighted by Gasteiger charge is 2.32. The highest BCUT2D eigenvalue weighted by molar-refractivity contribution is 7.89. The van der Waals surface area contributed by atoms with Crippen LogP contribution in [0.25, 0.3) is 0 Å². The summed E-state index contributed by atoms with van der Waals surface area (Å²) in [6, 6.07) is 4.94. The molecule has 1 amide bonds. The number of hydrogen-bond donors (Lipinski definition) is 1. The average Bonchev–Trinajstić information content (AvgIpc) is 2.52. The Labute approximate surface area is 106 Å². The number of hydrogen-bond acceptors (Lipinski definition) is 4. The van der Waals surface area contributed by atoms with Crippen LogP contribution >= 0.6 is 0 Å². The van der Waals surface area contributed by atoms with E-state index in [0.717, 1.165) is 17.6 Å². The third kappa shape index (κ3) is 2.48. The molecule has 1 aliphatic rings. The summed E-state index contributed by atoms with van der Waals surface area (Å²) in [4.78, 5) is 11.7. The standard InChI is InChI=1S/C12H15NO4S/c1-12(2)7-17-10-5-4-8(6-9(10)12)11(14)13-18(3,15)16/h4-6H,7H2,1-3H3,(H,13,14). The Balaban J connectivity index is 2.35. The molecule has 18 heavy (non-hydrogen) atoms. The minimum Gasteiger partial charge on any atom is -0.492 e. The van der Waals surface area contributed by atoms with Crippen LogP contribution < -0.4 is 9.46 Å². The van der Waals surface area contributed by atoms with Gasteiger partial charge in [-0.2, -0.15) is 0 Å². The number of fused-ring (bicyclic) bond motifs is 1. The van der Waals surface area contributed by atoms with Gasteiger partial charge in [0.25, 0.3) is 5.91 Å². The van der Waals surface area contributed by atoms with E-state index < -0.39 is 15.9 Å². The Hall–Kier alpha value is -1.56. The molecule has 2 rings (SSSR count). The number of sulfonamides is 1. The number of ether oxygens (including phenoxy) is 1. The summed E-state index contributed by atoms with van der Waals surface area (Å²) in [5.74, 6) is 0.124. The Morgan fingerprint density at radius 3 is 2.67 bits per heavy atom.